The lowest BCUT2D eigenvalue weighted by atomic mass is 9.99. The first-order valence-corrected chi connectivity index (χ1v) is 9.30. The molecule has 28 heavy (non-hydrogen) atoms. The van der Waals surface area contributed by atoms with Crippen molar-refractivity contribution in [3.8, 4) is 11.5 Å². The predicted molar refractivity (Wildman–Crippen MR) is 102 cm³/mol. The fourth-order valence-corrected chi connectivity index (χ4v) is 3.44. The van der Waals surface area contributed by atoms with Gasteiger partial charge in [-0.05, 0) is 42.7 Å². The Morgan fingerprint density at radius 1 is 1.11 bits per heavy atom. The van der Waals surface area contributed by atoms with E-state index < -0.39 is 5.97 Å². The third kappa shape index (κ3) is 3.58. The predicted octanol–water partition coefficient (Wildman–Crippen LogP) is 3.10. The van der Waals surface area contributed by atoms with Crippen molar-refractivity contribution in [2.75, 3.05) is 19.9 Å². The van der Waals surface area contributed by atoms with E-state index in [4.69, 9.17) is 14.2 Å². The molecule has 6 heteroatoms. The summed E-state index contributed by atoms with van der Waals surface area (Å²) < 4.78 is 15.8. The molecule has 0 radical (unpaired) electrons. The van der Waals surface area contributed by atoms with Crippen LogP contribution in [0.2, 0.25) is 0 Å². The van der Waals surface area contributed by atoms with Crippen LogP contribution >= 0.6 is 0 Å². The summed E-state index contributed by atoms with van der Waals surface area (Å²) in [6, 6.07) is 13.1. The van der Waals surface area contributed by atoms with E-state index >= 15 is 0 Å². The lowest BCUT2D eigenvalue weighted by Gasteiger charge is -2.31. The highest BCUT2D eigenvalue weighted by Crippen LogP contribution is 2.33. The number of fused-ring (bicyclic) bond motifs is 2. The van der Waals surface area contributed by atoms with Gasteiger partial charge in [0.25, 0.3) is 0 Å². The number of allylic oxidation sites excluding steroid dienone is 1. The first kappa shape index (κ1) is 18.1. The maximum absolute atomic E-state index is 12.8. The minimum absolute atomic E-state index is 0.143. The van der Waals surface area contributed by atoms with Gasteiger partial charge >= 0.3 is 5.97 Å². The molecule has 4 rings (SSSR count). The van der Waals surface area contributed by atoms with Crippen LogP contribution in [-0.2, 0) is 22.5 Å². The average molecular weight is 379 g/mol. The molecule has 2 aliphatic heterocycles. The summed E-state index contributed by atoms with van der Waals surface area (Å²) in [5.74, 6) is 0.374. The van der Waals surface area contributed by atoms with Gasteiger partial charge in [-0.2, -0.15) is 0 Å². The van der Waals surface area contributed by atoms with Crippen molar-refractivity contribution < 1.29 is 23.8 Å². The van der Waals surface area contributed by atoms with Crippen LogP contribution in [0.1, 0.15) is 28.4 Å². The molecule has 0 saturated carbocycles. The SMILES string of the molecule is CCOC(=O)/C(=C\C(=O)c1ccc2c(c1)OCO2)N1CCc2ccccc2C1. The van der Waals surface area contributed by atoms with Crippen LogP contribution in [0.3, 0.4) is 0 Å². The molecule has 0 aromatic heterocycles. The third-order valence-corrected chi connectivity index (χ3v) is 4.88. The van der Waals surface area contributed by atoms with Gasteiger partial charge in [-0.25, -0.2) is 4.79 Å². The van der Waals surface area contributed by atoms with E-state index in [0.29, 0.717) is 30.2 Å². The molecule has 0 N–H and O–H groups in total. The third-order valence-electron chi connectivity index (χ3n) is 4.88. The van der Waals surface area contributed by atoms with E-state index in [-0.39, 0.29) is 24.9 Å². The Bertz CT molecular complexity index is 950. The average Bonchev–Trinajstić information content (AvgIpc) is 3.19. The summed E-state index contributed by atoms with van der Waals surface area (Å²) in [4.78, 5) is 27.3. The molecule has 0 unspecified atom stereocenters. The Labute approximate surface area is 163 Å². The van der Waals surface area contributed by atoms with Crippen LogP contribution < -0.4 is 9.47 Å². The number of ketones is 1. The van der Waals surface area contributed by atoms with E-state index in [1.807, 2.05) is 23.1 Å². The zero-order valence-corrected chi connectivity index (χ0v) is 15.6. The number of hydrogen-bond donors (Lipinski definition) is 0. The zero-order chi connectivity index (χ0) is 19.5. The largest absolute Gasteiger partial charge is 0.461 e. The first-order valence-electron chi connectivity index (χ1n) is 9.30. The highest BCUT2D eigenvalue weighted by molar-refractivity contribution is 6.08. The fraction of sp³-hybridized carbons (Fsp3) is 0.273. The maximum atomic E-state index is 12.8. The van der Waals surface area contributed by atoms with Crippen LogP contribution in [0.4, 0.5) is 0 Å². The molecule has 0 atom stereocenters. The second-order valence-electron chi connectivity index (χ2n) is 6.62. The Hall–Kier alpha value is -3.28. The molecule has 0 bridgehead atoms. The summed E-state index contributed by atoms with van der Waals surface area (Å²) >= 11 is 0. The Kier molecular flexibility index (Phi) is 5.02. The molecular weight excluding hydrogens is 358 g/mol. The summed E-state index contributed by atoms with van der Waals surface area (Å²) in [5.41, 5.74) is 3.13. The van der Waals surface area contributed by atoms with Crippen LogP contribution in [0, 0.1) is 0 Å². The van der Waals surface area contributed by atoms with E-state index in [1.54, 1.807) is 25.1 Å². The van der Waals surface area contributed by atoms with Crippen molar-refractivity contribution in [2.45, 2.75) is 19.9 Å². The fourth-order valence-electron chi connectivity index (χ4n) is 3.44. The van der Waals surface area contributed by atoms with Gasteiger partial charge in [0.2, 0.25) is 6.79 Å². The monoisotopic (exact) mass is 379 g/mol. The normalized spacial score (nSPS) is 15.2. The van der Waals surface area contributed by atoms with Crippen molar-refractivity contribution in [3.05, 3.63) is 70.9 Å². The number of carbonyl (C=O) groups is 2. The topological polar surface area (TPSA) is 65.1 Å². The van der Waals surface area contributed by atoms with Gasteiger partial charge in [0.15, 0.2) is 17.3 Å². The van der Waals surface area contributed by atoms with Gasteiger partial charge in [0.05, 0.1) is 6.61 Å². The Balaban J connectivity index is 1.62. The van der Waals surface area contributed by atoms with Crippen LogP contribution in [0.25, 0.3) is 0 Å². The number of esters is 1. The molecule has 0 aliphatic carbocycles. The van der Waals surface area contributed by atoms with Crippen LogP contribution in [-0.4, -0.2) is 36.6 Å². The van der Waals surface area contributed by atoms with Gasteiger partial charge in [-0.15, -0.1) is 0 Å². The van der Waals surface area contributed by atoms with Crippen molar-refractivity contribution >= 4 is 11.8 Å². The van der Waals surface area contributed by atoms with Gasteiger partial charge in [-0.3, -0.25) is 4.79 Å². The summed E-state index contributed by atoms with van der Waals surface area (Å²) in [6.45, 7) is 3.36. The molecular formula is C22H21NO5. The molecule has 2 aromatic rings. The summed E-state index contributed by atoms with van der Waals surface area (Å²) in [5, 5.41) is 0. The quantitative estimate of drug-likeness (QED) is 0.452. The second-order valence-corrected chi connectivity index (χ2v) is 6.62. The molecule has 2 heterocycles. The summed E-state index contributed by atoms with van der Waals surface area (Å²) in [7, 11) is 0. The van der Waals surface area contributed by atoms with Gasteiger partial charge < -0.3 is 19.1 Å². The number of benzene rings is 2. The number of nitrogens with zero attached hydrogens (tertiary/aromatic N) is 1. The van der Waals surface area contributed by atoms with Crippen molar-refractivity contribution in [1.82, 2.24) is 4.90 Å². The highest BCUT2D eigenvalue weighted by atomic mass is 16.7. The Morgan fingerprint density at radius 2 is 1.89 bits per heavy atom. The number of carbonyl (C=O) groups excluding carboxylic acids is 2. The highest BCUT2D eigenvalue weighted by Gasteiger charge is 2.25. The van der Waals surface area contributed by atoms with E-state index in [9.17, 15) is 9.59 Å². The van der Waals surface area contributed by atoms with Gasteiger partial charge in [0, 0.05) is 24.7 Å². The molecule has 0 fully saturated rings. The molecule has 2 aromatic carbocycles. The van der Waals surface area contributed by atoms with Crippen LogP contribution in [0.15, 0.2) is 54.2 Å². The second kappa shape index (κ2) is 7.76. The first-order chi connectivity index (χ1) is 13.7. The van der Waals surface area contributed by atoms with Crippen molar-refractivity contribution in [3.63, 3.8) is 0 Å². The standard InChI is InChI=1S/C22H21NO5/c1-2-26-22(25)18(23-10-9-15-5-3-4-6-17(15)13-23)12-19(24)16-7-8-20-21(11-16)28-14-27-20/h3-8,11-12H,2,9-10,13-14H2,1H3/b18-12+. The summed E-state index contributed by atoms with van der Waals surface area (Å²) in [6.07, 6.45) is 2.18. The van der Waals surface area contributed by atoms with Gasteiger partial charge in [-0.1, -0.05) is 24.3 Å². The van der Waals surface area contributed by atoms with Crippen molar-refractivity contribution in [1.29, 1.82) is 0 Å². The lowest BCUT2D eigenvalue weighted by molar-refractivity contribution is -0.140. The molecule has 2 aliphatic rings. The Morgan fingerprint density at radius 3 is 2.71 bits per heavy atom. The minimum Gasteiger partial charge on any atom is -0.461 e. The number of rotatable bonds is 5. The molecule has 0 spiro atoms. The molecule has 6 nitrogen and oxygen atoms in total. The van der Waals surface area contributed by atoms with E-state index in [0.717, 1.165) is 12.0 Å². The zero-order valence-electron chi connectivity index (χ0n) is 15.6. The van der Waals surface area contributed by atoms with E-state index in [2.05, 4.69) is 6.07 Å². The number of ether oxygens (including phenoxy) is 3. The number of hydrogen-bond acceptors (Lipinski definition) is 6. The van der Waals surface area contributed by atoms with Crippen LogP contribution in [0.5, 0.6) is 11.5 Å². The smallest absolute Gasteiger partial charge is 0.354 e. The minimum atomic E-state index is -0.490. The molecule has 0 saturated heterocycles. The lowest BCUT2D eigenvalue weighted by Crippen LogP contribution is -2.34. The molecule has 144 valence electrons. The maximum Gasteiger partial charge on any atom is 0.354 e. The van der Waals surface area contributed by atoms with Crippen molar-refractivity contribution in [2.24, 2.45) is 0 Å². The van der Waals surface area contributed by atoms with E-state index in [1.165, 1.54) is 11.6 Å². The van der Waals surface area contributed by atoms with Gasteiger partial charge in [0.1, 0.15) is 5.70 Å². The molecule has 0 amide bonds.